The van der Waals surface area contributed by atoms with Gasteiger partial charge in [0.2, 0.25) is 5.91 Å². The van der Waals surface area contributed by atoms with Gasteiger partial charge in [-0.15, -0.1) is 0 Å². The molecule has 9 heteroatoms. The topological polar surface area (TPSA) is 119 Å². The molecular weight excluding hydrogens is 290 g/mol. The molecular formula is C12H12F2N2O5. The van der Waals surface area contributed by atoms with E-state index in [4.69, 9.17) is 15.6 Å². The van der Waals surface area contributed by atoms with Crippen molar-refractivity contribution in [2.75, 3.05) is 6.61 Å². The van der Waals surface area contributed by atoms with Gasteiger partial charge in [0.25, 0.3) is 5.91 Å². The van der Waals surface area contributed by atoms with Gasteiger partial charge in [0.05, 0.1) is 6.42 Å². The number of carboxylic acids is 1. The molecule has 7 nitrogen and oxygen atoms in total. The monoisotopic (exact) mass is 302 g/mol. The van der Waals surface area contributed by atoms with Crippen LogP contribution in [-0.4, -0.2) is 35.5 Å². The van der Waals surface area contributed by atoms with E-state index < -0.39 is 48.5 Å². The lowest BCUT2D eigenvalue weighted by Crippen LogP contribution is -2.45. The summed E-state index contributed by atoms with van der Waals surface area (Å²) in [5.41, 5.74) is 4.84. The summed E-state index contributed by atoms with van der Waals surface area (Å²) in [6, 6.07) is 0.983. The largest absolute Gasteiger partial charge is 0.481 e. The normalized spacial score (nSPS) is 11.5. The lowest BCUT2D eigenvalue weighted by molar-refractivity contribution is -0.143. The molecule has 4 N–H and O–H groups in total. The highest BCUT2D eigenvalue weighted by atomic mass is 19.1. The van der Waals surface area contributed by atoms with Crippen LogP contribution in [-0.2, 0) is 14.4 Å². The van der Waals surface area contributed by atoms with Crippen molar-refractivity contribution in [3.8, 4) is 5.75 Å². The highest BCUT2D eigenvalue weighted by Gasteiger charge is 2.22. The summed E-state index contributed by atoms with van der Waals surface area (Å²) in [7, 11) is 0. The number of nitrogens with one attached hydrogen (secondary N) is 1. The van der Waals surface area contributed by atoms with Gasteiger partial charge in [-0.3, -0.25) is 9.59 Å². The van der Waals surface area contributed by atoms with Crippen LogP contribution >= 0.6 is 0 Å². The summed E-state index contributed by atoms with van der Waals surface area (Å²) < 4.78 is 30.6. The minimum Gasteiger partial charge on any atom is -0.481 e. The fraction of sp³-hybridized carbons (Fsp3) is 0.250. The van der Waals surface area contributed by atoms with Crippen LogP contribution in [0, 0.1) is 11.6 Å². The van der Waals surface area contributed by atoms with Crippen LogP contribution in [0.5, 0.6) is 5.75 Å². The summed E-state index contributed by atoms with van der Waals surface area (Å²) >= 11 is 0. The number of ether oxygens (including phenoxy) is 1. The van der Waals surface area contributed by atoms with Crippen molar-refractivity contribution in [1.82, 2.24) is 5.32 Å². The average molecular weight is 302 g/mol. The van der Waals surface area contributed by atoms with Gasteiger partial charge in [-0.1, -0.05) is 0 Å². The third-order valence-corrected chi connectivity index (χ3v) is 2.29. The molecule has 0 radical (unpaired) electrons. The van der Waals surface area contributed by atoms with Gasteiger partial charge in [-0.2, -0.15) is 0 Å². The Labute approximate surface area is 117 Å². The molecule has 1 aromatic carbocycles. The van der Waals surface area contributed by atoms with Gasteiger partial charge in [-0.25, -0.2) is 13.6 Å². The lowest BCUT2D eigenvalue weighted by atomic mass is 10.2. The van der Waals surface area contributed by atoms with Crippen molar-refractivity contribution in [2.24, 2.45) is 5.73 Å². The maximum atomic E-state index is 13.2. The van der Waals surface area contributed by atoms with Gasteiger partial charge in [0.15, 0.2) is 18.2 Å². The lowest BCUT2D eigenvalue weighted by Gasteiger charge is -2.13. The number of benzene rings is 1. The first-order valence-electron chi connectivity index (χ1n) is 5.68. The number of aliphatic carboxylic acids is 1. The van der Waals surface area contributed by atoms with Gasteiger partial charge < -0.3 is 20.9 Å². The number of carbonyl (C=O) groups is 3. The van der Waals surface area contributed by atoms with Gasteiger partial charge in [0, 0.05) is 6.07 Å². The highest BCUT2D eigenvalue weighted by Crippen LogP contribution is 2.17. The molecule has 0 aliphatic rings. The first-order chi connectivity index (χ1) is 9.79. The van der Waals surface area contributed by atoms with E-state index >= 15 is 0 Å². The van der Waals surface area contributed by atoms with Crippen LogP contribution in [0.3, 0.4) is 0 Å². The highest BCUT2D eigenvalue weighted by molar-refractivity contribution is 5.88. The Hall–Kier alpha value is -2.71. The number of amides is 2. The van der Waals surface area contributed by atoms with Crippen molar-refractivity contribution in [2.45, 2.75) is 12.5 Å². The number of rotatable bonds is 7. The van der Waals surface area contributed by atoms with Crippen molar-refractivity contribution >= 4 is 17.8 Å². The zero-order valence-corrected chi connectivity index (χ0v) is 10.6. The van der Waals surface area contributed by atoms with Crippen molar-refractivity contribution in [3.05, 3.63) is 29.8 Å². The molecule has 0 saturated carbocycles. The Kier molecular flexibility index (Phi) is 5.58. The summed E-state index contributed by atoms with van der Waals surface area (Å²) in [4.78, 5) is 32.9. The Morgan fingerprint density at radius 1 is 1.33 bits per heavy atom. The quantitative estimate of drug-likeness (QED) is 0.644. The molecule has 0 saturated heterocycles. The van der Waals surface area contributed by atoms with E-state index in [0.717, 1.165) is 12.1 Å². The zero-order chi connectivity index (χ0) is 16.0. The Bertz CT molecular complexity index is 565. The van der Waals surface area contributed by atoms with Crippen LogP contribution < -0.4 is 15.8 Å². The molecule has 1 rings (SSSR count). The molecule has 0 bridgehead atoms. The van der Waals surface area contributed by atoms with E-state index in [1.54, 1.807) is 0 Å². The second-order valence-corrected chi connectivity index (χ2v) is 3.99. The summed E-state index contributed by atoms with van der Waals surface area (Å²) in [6.45, 7) is -0.703. The van der Waals surface area contributed by atoms with E-state index in [9.17, 15) is 23.2 Å². The predicted molar refractivity (Wildman–Crippen MR) is 65.2 cm³/mol. The molecule has 0 aliphatic heterocycles. The van der Waals surface area contributed by atoms with E-state index in [-0.39, 0.29) is 5.75 Å². The summed E-state index contributed by atoms with van der Waals surface area (Å²) in [5.74, 6) is -5.43. The number of hydrogen-bond donors (Lipinski definition) is 3. The fourth-order valence-corrected chi connectivity index (χ4v) is 1.37. The number of nitrogens with two attached hydrogens (primary N) is 1. The standard InChI is InChI=1S/C12H12F2N2O5/c13-6-1-2-9(7(14)3-6)21-5-11(18)16-8(12(19)20)4-10(15)17/h1-3,8H,4-5H2,(H2,15,17)(H,16,18)(H,19,20)/t8-/m1/s1. The SMILES string of the molecule is NC(=O)C[C@@H](NC(=O)COc1ccc(F)cc1F)C(=O)O. The number of carbonyl (C=O) groups excluding carboxylic acids is 2. The molecule has 0 heterocycles. The molecule has 1 atom stereocenters. The van der Waals surface area contributed by atoms with E-state index in [1.807, 2.05) is 5.32 Å². The smallest absolute Gasteiger partial charge is 0.326 e. The number of halogens is 2. The molecule has 0 unspecified atom stereocenters. The molecule has 2 amide bonds. The van der Waals surface area contributed by atoms with Crippen molar-refractivity contribution < 1.29 is 33.0 Å². The molecule has 1 aromatic rings. The van der Waals surface area contributed by atoms with Crippen molar-refractivity contribution in [3.63, 3.8) is 0 Å². The number of primary amides is 1. The number of hydrogen-bond acceptors (Lipinski definition) is 4. The van der Waals surface area contributed by atoms with Crippen LogP contribution in [0.4, 0.5) is 8.78 Å². The van der Waals surface area contributed by atoms with Crippen LogP contribution in [0.15, 0.2) is 18.2 Å². The summed E-state index contributed by atoms with van der Waals surface area (Å²) in [6.07, 6.45) is -0.591. The van der Waals surface area contributed by atoms with Gasteiger partial charge in [-0.05, 0) is 12.1 Å². The maximum absolute atomic E-state index is 13.2. The van der Waals surface area contributed by atoms with Crippen LogP contribution in [0.25, 0.3) is 0 Å². The predicted octanol–water partition coefficient (Wildman–Crippen LogP) is -0.212. The van der Waals surface area contributed by atoms with Gasteiger partial charge >= 0.3 is 5.97 Å². The minimum atomic E-state index is -1.50. The molecule has 0 spiro atoms. The van der Waals surface area contributed by atoms with Gasteiger partial charge in [0.1, 0.15) is 11.9 Å². The Morgan fingerprint density at radius 2 is 2.00 bits per heavy atom. The second kappa shape index (κ2) is 7.17. The molecule has 21 heavy (non-hydrogen) atoms. The second-order valence-electron chi connectivity index (χ2n) is 3.99. The zero-order valence-electron chi connectivity index (χ0n) is 10.6. The van der Waals surface area contributed by atoms with E-state index in [0.29, 0.717) is 6.07 Å². The molecule has 114 valence electrons. The third-order valence-electron chi connectivity index (χ3n) is 2.29. The summed E-state index contributed by atoms with van der Waals surface area (Å²) in [5, 5.41) is 10.8. The Balaban J connectivity index is 2.56. The first kappa shape index (κ1) is 16.3. The molecule has 0 aliphatic carbocycles. The maximum Gasteiger partial charge on any atom is 0.326 e. The van der Waals surface area contributed by atoms with Crippen molar-refractivity contribution in [1.29, 1.82) is 0 Å². The van der Waals surface area contributed by atoms with Crippen LogP contribution in [0.2, 0.25) is 0 Å². The third kappa shape index (κ3) is 5.43. The molecule has 0 fully saturated rings. The fourth-order valence-electron chi connectivity index (χ4n) is 1.37. The Morgan fingerprint density at radius 3 is 2.52 bits per heavy atom. The molecule has 0 aromatic heterocycles. The van der Waals surface area contributed by atoms with Crippen LogP contribution in [0.1, 0.15) is 6.42 Å². The number of carboxylic acid groups (broad SMARTS) is 1. The van der Waals surface area contributed by atoms with E-state index in [2.05, 4.69) is 0 Å². The minimum absolute atomic E-state index is 0.367. The average Bonchev–Trinajstić information content (AvgIpc) is 2.36. The first-order valence-corrected chi connectivity index (χ1v) is 5.68. The van der Waals surface area contributed by atoms with E-state index in [1.165, 1.54) is 0 Å².